The van der Waals surface area contributed by atoms with Crippen molar-refractivity contribution >= 4 is 17.5 Å². The SMILES string of the molecule is NC1CCC(N[C@H](Cc2ccc(Cl)cc2)C(=O)N2[C@@H]3CC[C@H]2CC(Cn2cncn2)(C2CCCCC2)C3)CC1. The highest BCUT2D eigenvalue weighted by Gasteiger charge is 2.54. The first-order valence-corrected chi connectivity index (χ1v) is 15.8. The van der Waals surface area contributed by atoms with E-state index in [1.807, 2.05) is 18.5 Å². The van der Waals surface area contributed by atoms with Gasteiger partial charge in [0.05, 0.1) is 6.04 Å². The summed E-state index contributed by atoms with van der Waals surface area (Å²) in [7, 11) is 0. The molecular formula is C31H45ClN6O. The Bertz CT molecular complexity index is 1060. The van der Waals surface area contributed by atoms with Crippen molar-refractivity contribution in [3.05, 3.63) is 47.5 Å². The van der Waals surface area contributed by atoms with Gasteiger partial charge in [0.25, 0.3) is 0 Å². The number of hydrogen-bond donors (Lipinski definition) is 2. The van der Waals surface area contributed by atoms with Crippen LogP contribution in [0.4, 0.5) is 0 Å². The van der Waals surface area contributed by atoms with Crippen LogP contribution in [0.5, 0.6) is 0 Å². The van der Waals surface area contributed by atoms with Gasteiger partial charge in [0, 0.05) is 35.7 Å². The molecule has 2 aromatic rings. The lowest BCUT2D eigenvalue weighted by molar-refractivity contribution is -0.143. The molecule has 2 saturated heterocycles. The summed E-state index contributed by atoms with van der Waals surface area (Å²) in [6.45, 7) is 0.932. The number of nitrogens with two attached hydrogens (primary N) is 1. The molecule has 4 atom stereocenters. The summed E-state index contributed by atoms with van der Waals surface area (Å²) in [6.07, 6.45) is 19.4. The van der Waals surface area contributed by atoms with Crippen molar-refractivity contribution in [2.45, 2.75) is 127 Å². The minimum absolute atomic E-state index is 0.204. The summed E-state index contributed by atoms with van der Waals surface area (Å²) in [4.78, 5) is 21.0. The fraction of sp³-hybridized carbons (Fsp3) is 0.710. The molecule has 2 aliphatic heterocycles. The lowest BCUT2D eigenvalue weighted by Crippen LogP contribution is -2.59. The molecule has 0 radical (unpaired) electrons. The number of fused-ring (bicyclic) bond motifs is 2. The van der Waals surface area contributed by atoms with Gasteiger partial charge in [0.2, 0.25) is 5.91 Å². The van der Waals surface area contributed by atoms with Crippen LogP contribution in [-0.4, -0.2) is 55.8 Å². The smallest absolute Gasteiger partial charge is 0.240 e. The zero-order chi connectivity index (χ0) is 26.8. The molecular weight excluding hydrogens is 508 g/mol. The molecule has 4 aliphatic rings. The third kappa shape index (κ3) is 6.06. The Hall–Kier alpha value is -1.96. The predicted molar refractivity (Wildman–Crippen MR) is 154 cm³/mol. The van der Waals surface area contributed by atoms with Crippen molar-refractivity contribution in [3.63, 3.8) is 0 Å². The maximum absolute atomic E-state index is 14.5. The molecule has 1 aromatic carbocycles. The molecule has 1 amide bonds. The van der Waals surface area contributed by atoms with Gasteiger partial charge >= 0.3 is 0 Å². The van der Waals surface area contributed by atoms with E-state index < -0.39 is 0 Å². The number of carbonyl (C=O) groups is 1. The van der Waals surface area contributed by atoms with Gasteiger partial charge in [-0.15, -0.1) is 0 Å². The molecule has 4 fully saturated rings. The standard InChI is InChI=1S/C31H45ClN6O/c32-24-8-6-22(7-9-24)16-29(36-26-12-10-25(33)11-13-26)30(39)38-27-14-15-28(38)18-31(17-27,19-37-21-34-20-35-37)23-4-2-1-3-5-23/h6-9,20-21,23,25-29,36H,1-5,10-19,33H2/t25?,26?,27-,28+,29-,31?/m1/s1. The second-order valence-corrected chi connectivity index (χ2v) is 13.4. The number of hydrogen-bond acceptors (Lipinski definition) is 5. The van der Waals surface area contributed by atoms with E-state index in [1.54, 1.807) is 6.33 Å². The number of nitrogens with one attached hydrogen (secondary N) is 1. The van der Waals surface area contributed by atoms with Crippen molar-refractivity contribution < 1.29 is 4.79 Å². The molecule has 2 bridgehead atoms. The number of rotatable bonds is 8. The molecule has 212 valence electrons. The minimum Gasteiger partial charge on any atom is -0.335 e. The first-order valence-electron chi connectivity index (χ1n) is 15.4. The van der Waals surface area contributed by atoms with E-state index in [0.717, 1.165) is 68.5 Å². The van der Waals surface area contributed by atoms with E-state index in [-0.39, 0.29) is 11.5 Å². The lowest BCUT2D eigenvalue weighted by Gasteiger charge is -2.52. The Morgan fingerprint density at radius 3 is 2.33 bits per heavy atom. The van der Waals surface area contributed by atoms with Crippen LogP contribution in [0.1, 0.15) is 89.0 Å². The highest BCUT2D eigenvalue weighted by atomic mass is 35.5. The average molecular weight is 553 g/mol. The summed E-state index contributed by atoms with van der Waals surface area (Å²) in [5.74, 6) is 1.01. The molecule has 2 saturated carbocycles. The van der Waals surface area contributed by atoms with Crippen molar-refractivity contribution in [1.29, 1.82) is 0 Å². The fourth-order valence-corrected chi connectivity index (χ4v) is 8.64. The Kier molecular flexibility index (Phi) is 8.29. The van der Waals surface area contributed by atoms with Crippen molar-refractivity contribution in [2.24, 2.45) is 17.1 Å². The Morgan fingerprint density at radius 2 is 1.69 bits per heavy atom. The highest BCUT2D eigenvalue weighted by molar-refractivity contribution is 6.30. The number of aromatic nitrogens is 3. The molecule has 3 N–H and O–H groups in total. The van der Waals surface area contributed by atoms with Gasteiger partial charge in [-0.1, -0.05) is 43.0 Å². The minimum atomic E-state index is -0.217. The van der Waals surface area contributed by atoms with Crippen LogP contribution in [-0.2, 0) is 17.8 Å². The van der Waals surface area contributed by atoms with Crippen molar-refractivity contribution in [1.82, 2.24) is 25.0 Å². The Labute approximate surface area is 238 Å². The number of nitrogens with zero attached hydrogens (tertiary/aromatic N) is 4. The second-order valence-electron chi connectivity index (χ2n) is 13.0. The number of carbonyl (C=O) groups excluding carboxylic acids is 1. The van der Waals surface area contributed by atoms with Gasteiger partial charge in [-0.2, -0.15) is 5.10 Å². The summed E-state index contributed by atoms with van der Waals surface area (Å²) in [5.41, 5.74) is 7.56. The molecule has 1 aromatic heterocycles. The van der Waals surface area contributed by atoms with E-state index in [0.29, 0.717) is 42.4 Å². The van der Waals surface area contributed by atoms with Crippen LogP contribution >= 0.6 is 11.6 Å². The van der Waals surface area contributed by atoms with E-state index in [9.17, 15) is 4.79 Å². The van der Waals surface area contributed by atoms with Crippen LogP contribution in [0.3, 0.4) is 0 Å². The molecule has 0 spiro atoms. The van der Waals surface area contributed by atoms with Crippen LogP contribution in [0, 0.1) is 11.3 Å². The zero-order valence-corrected chi connectivity index (χ0v) is 23.9. The third-order valence-electron chi connectivity index (χ3n) is 10.4. The zero-order valence-electron chi connectivity index (χ0n) is 23.2. The van der Waals surface area contributed by atoms with Gasteiger partial charge < -0.3 is 16.0 Å². The average Bonchev–Trinajstić information content (AvgIpc) is 3.56. The van der Waals surface area contributed by atoms with Gasteiger partial charge in [0.1, 0.15) is 12.7 Å². The van der Waals surface area contributed by atoms with E-state index in [2.05, 4.69) is 37.1 Å². The molecule has 8 heteroatoms. The second kappa shape index (κ2) is 11.9. The van der Waals surface area contributed by atoms with E-state index in [1.165, 1.54) is 32.1 Å². The molecule has 1 unspecified atom stereocenters. The quantitative estimate of drug-likeness (QED) is 0.474. The summed E-state index contributed by atoms with van der Waals surface area (Å²) < 4.78 is 2.06. The van der Waals surface area contributed by atoms with Gasteiger partial charge in [-0.05, 0) is 99.7 Å². The molecule has 39 heavy (non-hydrogen) atoms. The predicted octanol–water partition coefficient (Wildman–Crippen LogP) is 5.12. The maximum Gasteiger partial charge on any atom is 0.240 e. The van der Waals surface area contributed by atoms with Crippen LogP contribution in [0.25, 0.3) is 0 Å². The first-order chi connectivity index (χ1) is 19.0. The highest BCUT2D eigenvalue weighted by Crippen LogP contribution is 2.54. The van der Waals surface area contributed by atoms with Crippen molar-refractivity contribution in [2.75, 3.05) is 0 Å². The van der Waals surface area contributed by atoms with Gasteiger partial charge in [-0.3, -0.25) is 9.48 Å². The normalized spacial score (nSPS) is 32.3. The van der Waals surface area contributed by atoms with E-state index in [4.69, 9.17) is 17.3 Å². The Balaban J connectivity index is 1.23. The summed E-state index contributed by atoms with van der Waals surface area (Å²) >= 11 is 6.18. The van der Waals surface area contributed by atoms with Crippen molar-refractivity contribution in [3.8, 4) is 0 Å². The largest absolute Gasteiger partial charge is 0.335 e. The first kappa shape index (κ1) is 27.2. The number of benzene rings is 1. The fourth-order valence-electron chi connectivity index (χ4n) is 8.51. The van der Waals surface area contributed by atoms with Gasteiger partial charge in [0.15, 0.2) is 0 Å². The number of amides is 1. The third-order valence-corrected chi connectivity index (χ3v) is 10.7. The molecule has 7 nitrogen and oxygen atoms in total. The lowest BCUT2D eigenvalue weighted by atomic mass is 9.62. The molecule has 3 heterocycles. The van der Waals surface area contributed by atoms with Crippen LogP contribution in [0.15, 0.2) is 36.9 Å². The number of piperidine rings is 1. The Morgan fingerprint density at radius 1 is 1.00 bits per heavy atom. The van der Waals surface area contributed by atoms with Gasteiger partial charge in [-0.25, -0.2) is 4.98 Å². The van der Waals surface area contributed by atoms with Crippen LogP contribution in [0.2, 0.25) is 5.02 Å². The number of halogens is 1. The maximum atomic E-state index is 14.5. The summed E-state index contributed by atoms with van der Waals surface area (Å²) in [6, 6.07) is 9.07. The molecule has 6 rings (SSSR count). The van der Waals surface area contributed by atoms with E-state index >= 15 is 0 Å². The molecule has 2 aliphatic carbocycles. The monoisotopic (exact) mass is 552 g/mol. The topological polar surface area (TPSA) is 89.1 Å². The van der Waals surface area contributed by atoms with Crippen LogP contribution < -0.4 is 11.1 Å². The summed E-state index contributed by atoms with van der Waals surface area (Å²) in [5, 5.41) is 9.08.